The van der Waals surface area contributed by atoms with Crippen molar-refractivity contribution in [3.63, 3.8) is 0 Å². The lowest BCUT2D eigenvalue weighted by Gasteiger charge is -2.60. The molecular formula is C22H22ClFN8O2. The smallest absolute Gasteiger partial charge is 0.410 e. The maximum absolute atomic E-state index is 14.0. The second-order valence-electron chi connectivity index (χ2n) is 9.15. The first-order chi connectivity index (χ1) is 16.4. The van der Waals surface area contributed by atoms with Crippen LogP contribution >= 0.6 is 11.6 Å². The van der Waals surface area contributed by atoms with E-state index in [0.717, 1.165) is 43.4 Å². The molecule has 2 fully saturated rings. The van der Waals surface area contributed by atoms with E-state index >= 15 is 0 Å². The summed E-state index contributed by atoms with van der Waals surface area (Å²) in [6.07, 6.45) is 2.12. The Morgan fingerprint density at radius 3 is 2.71 bits per heavy atom. The Bertz CT molecular complexity index is 1290. The highest BCUT2D eigenvalue weighted by Gasteiger charge is 2.54. The van der Waals surface area contributed by atoms with Gasteiger partial charge in [-0.05, 0) is 30.7 Å². The molecule has 3 aliphatic rings. The standard InChI is InChI=1S/C22H22ClFN8O2/c1-13-18-27-28-20(30-10-22(11-30)8-29(9-22)19-16(24)6-25-12-26-19)32(18)17-4-3-15(23)5-14(17)7-31(13)21(33)34-2/h3-6,12-13H,7-11H2,1-2H3. The number of fused-ring (bicyclic) bond motifs is 3. The number of hydrogen-bond acceptors (Lipinski definition) is 8. The Balaban J connectivity index is 1.29. The highest BCUT2D eigenvalue weighted by Crippen LogP contribution is 2.45. The molecule has 176 valence electrons. The quantitative estimate of drug-likeness (QED) is 0.548. The molecule has 2 aromatic heterocycles. The number of halogens is 2. The van der Waals surface area contributed by atoms with Gasteiger partial charge in [0.2, 0.25) is 5.95 Å². The number of nitrogens with zero attached hydrogens (tertiary/aromatic N) is 8. The van der Waals surface area contributed by atoms with Gasteiger partial charge in [-0.15, -0.1) is 10.2 Å². The molecule has 34 heavy (non-hydrogen) atoms. The van der Waals surface area contributed by atoms with Crippen molar-refractivity contribution in [3.8, 4) is 5.69 Å². The van der Waals surface area contributed by atoms with Gasteiger partial charge >= 0.3 is 6.09 Å². The van der Waals surface area contributed by atoms with Crippen LogP contribution in [0.25, 0.3) is 5.69 Å². The van der Waals surface area contributed by atoms with E-state index in [1.807, 2.05) is 34.6 Å². The minimum atomic E-state index is -0.439. The van der Waals surface area contributed by atoms with Crippen molar-refractivity contribution >= 4 is 29.5 Å². The summed E-state index contributed by atoms with van der Waals surface area (Å²) in [6.45, 7) is 5.23. The van der Waals surface area contributed by atoms with E-state index in [0.29, 0.717) is 23.2 Å². The first-order valence-corrected chi connectivity index (χ1v) is 11.3. The molecule has 0 N–H and O–H groups in total. The average molecular weight is 485 g/mol. The van der Waals surface area contributed by atoms with Gasteiger partial charge in [0, 0.05) is 36.6 Å². The topological polar surface area (TPSA) is 92.5 Å². The minimum absolute atomic E-state index is 0.0566. The van der Waals surface area contributed by atoms with Gasteiger partial charge in [-0.1, -0.05) is 11.6 Å². The van der Waals surface area contributed by atoms with Crippen LogP contribution in [0.3, 0.4) is 0 Å². The number of aromatic nitrogens is 5. The van der Waals surface area contributed by atoms with Crippen molar-refractivity contribution in [2.45, 2.75) is 19.5 Å². The van der Waals surface area contributed by atoms with E-state index in [1.165, 1.54) is 19.6 Å². The Morgan fingerprint density at radius 2 is 1.97 bits per heavy atom. The lowest BCUT2D eigenvalue weighted by atomic mass is 9.73. The molecule has 12 heteroatoms. The Morgan fingerprint density at radius 1 is 1.21 bits per heavy atom. The minimum Gasteiger partial charge on any atom is -0.453 e. The third kappa shape index (κ3) is 3.10. The maximum Gasteiger partial charge on any atom is 0.410 e. The summed E-state index contributed by atoms with van der Waals surface area (Å²) in [6, 6.07) is 5.26. The van der Waals surface area contributed by atoms with Crippen LogP contribution in [0.5, 0.6) is 0 Å². The molecule has 3 aromatic rings. The predicted octanol–water partition coefficient (Wildman–Crippen LogP) is 2.82. The van der Waals surface area contributed by atoms with E-state index in [4.69, 9.17) is 16.3 Å². The molecule has 1 amide bonds. The highest BCUT2D eigenvalue weighted by molar-refractivity contribution is 6.30. The molecule has 1 spiro atoms. The number of carbonyl (C=O) groups excluding carboxylic acids is 1. The van der Waals surface area contributed by atoms with Gasteiger partial charge in [0.15, 0.2) is 17.5 Å². The number of hydrogen-bond donors (Lipinski definition) is 0. The average Bonchev–Trinajstić information content (AvgIpc) is 3.15. The van der Waals surface area contributed by atoms with Crippen LogP contribution in [-0.4, -0.2) is 69.0 Å². The predicted molar refractivity (Wildman–Crippen MR) is 122 cm³/mol. The maximum atomic E-state index is 14.0. The van der Waals surface area contributed by atoms with Gasteiger partial charge in [0.1, 0.15) is 6.33 Å². The molecule has 0 radical (unpaired) electrons. The summed E-state index contributed by atoms with van der Waals surface area (Å²) in [5.74, 6) is 1.31. The Kier molecular flexibility index (Phi) is 4.67. The second-order valence-corrected chi connectivity index (χ2v) is 9.58. The van der Waals surface area contributed by atoms with Gasteiger partial charge in [0.05, 0.1) is 31.6 Å². The van der Waals surface area contributed by atoms with Crippen LogP contribution in [0.1, 0.15) is 24.4 Å². The van der Waals surface area contributed by atoms with E-state index in [-0.39, 0.29) is 11.5 Å². The van der Waals surface area contributed by atoms with Crippen LogP contribution < -0.4 is 9.80 Å². The fourth-order valence-corrected chi connectivity index (χ4v) is 5.44. The molecule has 2 saturated heterocycles. The summed E-state index contributed by atoms with van der Waals surface area (Å²) in [4.78, 5) is 26.0. The summed E-state index contributed by atoms with van der Waals surface area (Å²) >= 11 is 6.28. The van der Waals surface area contributed by atoms with Gasteiger partial charge in [-0.3, -0.25) is 9.47 Å². The van der Waals surface area contributed by atoms with Crippen LogP contribution in [0.4, 0.5) is 21.0 Å². The largest absolute Gasteiger partial charge is 0.453 e. The lowest BCUT2D eigenvalue weighted by Crippen LogP contribution is -2.73. The molecule has 1 aromatic carbocycles. The van der Waals surface area contributed by atoms with Crippen LogP contribution in [-0.2, 0) is 11.3 Å². The zero-order valence-electron chi connectivity index (χ0n) is 18.6. The second kappa shape index (κ2) is 7.52. The number of carbonyl (C=O) groups is 1. The van der Waals surface area contributed by atoms with Gasteiger partial charge in [0.25, 0.3) is 0 Å². The molecule has 1 atom stereocenters. The number of benzene rings is 1. The molecule has 0 bridgehead atoms. The van der Waals surface area contributed by atoms with Crippen LogP contribution in [0, 0.1) is 11.2 Å². The summed E-state index contributed by atoms with van der Waals surface area (Å²) in [7, 11) is 1.36. The zero-order valence-corrected chi connectivity index (χ0v) is 19.4. The Hall–Kier alpha value is -3.47. The SMILES string of the molecule is COC(=O)N1Cc2cc(Cl)ccc2-n2c(nnc2N2CC3(CN(c4ncncc4F)C3)C2)C1C. The number of ether oxygens (including phenoxy) is 1. The highest BCUT2D eigenvalue weighted by atomic mass is 35.5. The zero-order chi connectivity index (χ0) is 23.6. The fraction of sp³-hybridized carbons (Fsp3) is 0.409. The van der Waals surface area contributed by atoms with E-state index < -0.39 is 11.9 Å². The molecule has 0 saturated carbocycles. The van der Waals surface area contributed by atoms with Crippen molar-refractivity contribution < 1.29 is 13.9 Å². The number of methoxy groups -OCH3 is 1. The van der Waals surface area contributed by atoms with Gasteiger partial charge < -0.3 is 14.5 Å². The van der Waals surface area contributed by atoms with Crippen molar-refractivity contribution in [1.82, 2.24) is 29.6 Å². The first kappa shape index (κ1) is 21.1. The van der Waals surface area contributed by atoms with Crippen molar-refractivity contribution in [3.05, 3.63) is 53.0 Å². The lowest BCUT2D eigenvalue weighted by molar-refractivity contribution is 0.103. The summed E-state index contributed by atoms with van der Waals surface area (Å²) < 4.78 is 21.1. The molecule has 5 heterocycles. The van der Waals surface area contributed by atoms with Gasteiger partial charge in [-0.2, -0.15) is 0 Å². The Labute approximate surface area is 199 Å². The van der Waals surface area contributed by atoms with E-state index in [9.17, 15) is 9.18 Å². The molecular weight excluding hydrogens is 463 g/mol. The van der Waals surface area contributed by atoms with Crippen LogP contribution in [0.2, 0.25) is 5.02 Å². The third-order valence-electron chi connectivity index (χ3n) is 6.88. The molecule has 6 rings (SSSR count). The van der Waals surface area contributed by atoms with Crippen molar-refractivity contribution in [1.29, 1.82) is 0 Å². The summed E-state index contributed by atoms with van der Waals surface area (Å²) in [5, 5.41) is 9.55. The number of anilines is 2. The molecule has 0 aliphatic carbocycles. The normalized spacial score (nSPS) is 20.2. The molecule has 3 aliphatic heterocycles. The first-order valence-electron chi connectivity index (χ1n) is 10.9. The van der Waals surface area contributed by atoms with Gasteiger partial charge in [-0.25, -0.2) is 19.2 Å². The van der Waals surface area contributed by atoms with Crippen molar-refractivity contribution in [2.75, 3.05) is 43.1 Å². The molecule has 10 nitrogen and oxygen atoms in total. The van der Waals surface area contributed by atoms with E-state index in [1.54, 1.807) is 4.90 Å². The number of rotatable bonds is 2. The van der Waals surface area contributed by atoms with Crippen molar-refractivity contribution in [2.24, 2.45) is 5.41 Å². The van der Waals surface area contributed by atoms with Crippen LogP contribution in [0.15, 0.2) is 30.7 Å². The van der Waals surface area contributed by atoms with E-state index in [2.05, 4.69) is 25.1 Å². The summed E-state index contributed by atoms with van der Waals surface area (Å²) in [5.41, 5.74) is 1.83. The third-order valence-corrected chi connectivity index (χ3v) is 7.12. The fourth-order valence-electron chi connectivity index (χ4n) is 5.25. The molecule has 1 unspecified atom stereocenters. The monoisotopic (exact) mass is 484 g/mol. The number of amides is 1.